The summed E-state index contributed by atoms with van der Waals surface area (Å²) in [5, 5.41) is 8.42. The maximum absolute atomic E-state index is 12.7. The van der Waals surface area contributed by atoms with E-state index in [0.717, 1.165) is 10.2 Å². The Labute approximate surface area is 217 Å². The highest BCUT2D eigenvalue weighted by molar-refractivity contribution is 6.38. The van der Waals surface area contributed by atoms with E-state index in [-0.39, 0.29) is 21.3 Å². The number of methoxy groups -OCH3 is 1. The summed E-state index contributed by atoms with van der Waals surface area (Å²) in [6.45, 7) is 7.36. The largest absolute Gasteiger partial charge is 0.497 e. The summed E-state index contributed by atoms with van der Waals surface area (Å²) >= 11 is 13.1. The third kappa shape index (κ3) is 4.29. The monoisotopic (exact) mass is 535 g/mol. The smallest absolute Gasteiger partial charge is 0.365 e. The number of aromatic nitrogens is 6. The van der Waals surface area contributed by atoms with Gasteiger partial charge in [-0.1, -0.05) is 41.9 Å². The lowest BCUT2D eigenvalue weighted by molar-refractivity contribution is 0.414. The van der Waals surface area contributed by atoms with Gasteiger partial charge in [0, 0.05) is 6.07 Å². The van der Waals surface area contributed by atoms with Gasteiger partial charge in [-0.3, -0.25) is 14.6 Å². The molecule has 2 aromatic carbocycles. The zero-order valence-corrected chi connectivity index (χ0v) is 20.5. The van der Waals surface area contributed by atoms with Gasteiger partial charge in [-0.2, -0.15) is 5.10 Å². The lowest BCUT2D eigenvalue weighted by Gasteiger charge is -2.12. The van der Waals surface area contributed by atoms with Gasteiger partial charge in [0.25, 0.3) is 11.1 Å². The molecule has 0 fully saturated rings. The van der Waals surface area contributed by atoms with Gasteiger partial charge in [-0.05, 0) is 41.0 Å². The Hall–Kier alpha value is -4.66. The highest BCUT2D eigenvalue weighted by Gasteiger charge is 2.19. The topological polar surface area (TPSA) is 121 Å². The van der Waals surface area contributed by atoms with E-state index in [1.807, 2.05) is 29.2 Å². The van der Waals surface area contributed by atoms with Crippen LogP contribution in [0, 0.1) is 6.57 Å². The molecule has 0 saturated carbocycles. The number of nitrogens with zero attached hydrogens (tertiary/aromatic N) is 6. The maximum Gasteiger partial charge on any atom is 0.365 e. The standard InChI is InChI=1S/C24H15Cl2N7O4/c1-27-22-23(35)29-24(36)32(30-22)14-9-16(25)21(17(26)10-14)33-18-7-8-20(34)31(19(18)11-28-33)12-13-3-5-15(37-2)6-4-13/h3-11H,12H2,2H3,(H,29,35,36). The lowest BCUT2D eigenvalue weighted by atomic mass is 10.2. The molecule has 0 aliphatic rings. The van der Waals surface area contributed by atoms with Gasteiger partial charge in [-0.15, -0.1) is 4.68 Å². The van der Waals surface area contributed by atoms with Crippen molar-refractivity contribution >= 4 is 40.1 Å². The van der Waals surface area contributed by atoms with Gasteiger partial charge in [0.2, 0.25) is 0 Å². The van der Waals surface area contributed by atoms with Crippen LogP contribution in [-0.4, -0.2) is 36.2 Å². The average molecular weight is 536 g/mol. The number of halogens is 2. The molecule has 0 amide bonds. The van der Waals surface area contributed by atoms with Crippen LogP contribution < -0.4 is 21.5 Å². The fraction of sp³-hybridized carbons (Fsp3) is 0.0833. The Morgan fingerprint density at radius 1 is 1.00 bits per heavy atom. The summed E-state index contributed by atoms with van der Waals surface area (Å²) in [6, 6.07) is 13.2. The summed E-state index contributed by atoms with van der Waals surface area (Å²) in [6.07, 6.45) is 1.54. The molecule has 5 aromatic rings. The van der Waals surface area contributed by atoms with E-state index < -0.39 is 17.1 Å². The van der Waals surface area contributed by atoms with Crippen LogP contribution in [0.4, 0.5) is 5.82 Å². The van der Waals surface area contributed by atoms with Crippen molar-refractivity contribution in [2.24, 2.45) is 0 Å². The number of pyridine rings is 1. The van der Waals surface area contributed by atoms with Crippen molar-refractivity contribution < 1.29 is 4.74 Å². The fourth-order valence-corrected chi connectivity index (χ4v) is 4.48. The quantitative estimate of drug-likeness (QED) is 0.344. The Morgan fingerprint density at radius 2 is 1.70 bits per heavy atom. The van der Waals surface area contributed by atoms with Gasteiger partial charge < -0.3 is 14.1 Å². The summed E-state index contributed by atoms with van der Waals surface area (Å²) in [4.78, 5) is 41.7. The zero-order valence-electron chi connectivity index (χ0n) is 19.0. The maximum atomic E-state index is 12.7. The minimum absolute atomic E-state index is 0.115. The minimum Gasteiger partial charge on any atom is -0.497 e. The number of nitrogens with one attached hydrogen (secondary N) is 1. The Kier molecular flexibility index (Phi) is 6.12. The Morgan fingerprint density at radius 3 is 2.35 bits per heavy atom. The van der Waals surface area contributed by atoms with Gasteiger partial charge in [0.15, 0.2) is 0 Å². The lowest BCUT2D eigenvalue weighted by Crippen LogP contribution is -2.30. The van der Waals surface area contributed by atoms with Gasteiger partial charge >= 0.3 is 11.5 Å². The molecule has 0 aliphatic heterocycles. The molecule has 1 N–H and O–H groups in total. The first-order valence-corrected chi connectivity index (χ1v) is 11.4. The van der Waals surface area contributed by atoms with Crippen LogP contribution in [0.1, 0.15) is 5.56 Å². The van der Waals surface area contributed by atoms with E-state index in [0.29, 0.717) is 29.0 Å². The van der Waals surface area contributed by atoms with E-state index in [1.165, 1.54) is 29.1 Å². The van der Waals surface area contributed by atoms with Crippen LogP contribution in [0.5, 0.6) is 5.75 Å². The first kappa shape index (κ1) is 24.1. The molecular formula is C24H15Cl2N7O4. The predicted molar refractivity (Wildman–Crippen MR) is 138 cm³/mol. The number of ether oxygens (including phenoxy) is 1. The van der Waals surface area contributed by atoms with Crippen LogP contribution in [0.25, 0.3) is 27.3 Å². The van der Waals surface area contributed by atoms with Crippen molar-refractivity contribution in [2.75, 3.05) is 7.11 Å². The van der Waals surface area contributed by atoms with Crippen molar-refractivity contribution in [1.29, 1.82) is 0 Å². The minimum atomic E-state index is -0.895. The van der Waals surface area contributed by atoms with Crippen molar-refractivity contribution in [3.05, 3.63) is 113 Å². The van der Waals surface area contributed by atoms with Gasteiger partial charge in [0.1, 0.15) is 11.4 Å². The first-order valence-electron chi connectivity index (χ1n) is 10.6. The summed E-state index contributed by atoms with van der Waals surface area (Å²) in [5.41, 5.74) is 0.491. The van der Waals surface area contributed by atoms with Crippen LogP contribution >= 0.6 is 23.2 Å². The van der Waals surface area contributed by atoms with E-state index in [2.05, 4.69) is 15.0 Å². The summed E-state index contributed by atoms with van der Waals surface area (Å²) in [5.74, 6) is 0.198. The molecule has 0 aliphatic carbocycles. The molecule has 3 heterocycles. The highest BCUT2D eigenvalue weighted by atomic mass is 35.5. The number of rotatable bonds is 5. The van der Waals surface area contributed by atoms with Gasteiger partial charge in [-0.25, -0.2) is 9.48 Å². The summed E-state index contributed by atoms with van der Waals surface area (Å²) < 4.78 is 9.08. The van der Waals surface area contributed by atoms with E-state index >= 15 is 0 Å². The van der Waals surface area contributed by atoms with Gasteiger partial charge in [0.05, 0.1) is 46.6 Å². The van der Waals surface area contributed by atoms with Crippen molar-refractivity contribution in [3.8, 4) is 17.1 Å². The third-order valence-electron chi connectivity index (χ3n) is 5.60. The molecule has 0 bridgehead atoms. The third-order valence-corrected chi connectivity index (χ3v) is 6.18. The number of hydrogen-bond acceptors (Lipinski definition) is 6. The predicted octanol–water partition coefficient (Wildman–Crippen LogP) is 3.34. The normalized spacial score (nSPS) is 11.0. The second-order valence-corrected chi connectivity index (χ2v) is 8.61. The number of benzene rings is 2. The first-order chi connectivity index (χ1) is 17.8. The van der Waals surface area contributed by atoms with Crippen LogP contribution in [-0.2, 0) is 6.54 Å². The second kappa shape index (κ2) is 9.42. The SMILES string of the molecule is [C-]#[N+]c1nn(-c2cc(Cl)c(-n3ncc4c3ccc(=O)n4Cc3ccc(OC)cc3)c(Cl)c2)c(=O)[nH]c1=O. The molecule has 0 atom stereocenters. The molecule has 5 rings (SSSR count). The van der Waals surface area contributed by atoms with Crippen LogP contribution in [0.3, 0.4) is 0 Å². The molecule has 13 heteroatoms. The number of fused-ring (bicyclic) bond motifs is 1. The fourth-order valence-electron chi connectivity index (χ4n) is 3.84. The van der Waals surface area contributed by atoms with Crippen LogP contribution in [0.15, 0.2) is 69.1 Å². The van der Waals surface area contributed by atoms with Crippen molar-refractivity contribution in [2.45, 2.75) is 6.54 Å². The van der Waals surface area contributed by atoms with Crippen molar-refractivity contribution in [1.82, 2.24) is 29.1 Å². The Balaban J connectivity index is 1.61. The number of H-pyrrole nitrogens is 1. The molecule has 11 nitrogen and oxygen atoms in total. The Bertz CT molecular complexity index is 1870. The number of aromatic amines is 1. The number of hydrogen-bond donors (Lipinski definition) is 1. The van der Waals surface area contributed by atoms with Crippen LogP contribution in [0.2, 0.25) is 10.0 Å². The molecule has 3 aromatic heterocycles. The molecule has 0 radical (unpaired) electrons. The zero-order chi connectivity index (χ0) is 26.3. The molecule has 0 saturated heterocycles. The van der Waals surface area contributed by atoms with E-state index in [4.69, 9.17) is 34.5 Å². The highest BCUT2D eigenvalue weighted by Crippen LogP contribution is 2.33. The average Bonchev–Trinajstić information content (AvgIpc) is 3.29. The second-order valence-electron chi connectivity index (χ2n) is 7.80. The van der Waals surface area contributed by atoms with E-state index in [9.17, 15) is 14.4 Å². The molecule has 0 unspecified atom stereocenters. The molecular weight excluding hydrogens is 521 g/mol. The van der Waals surface area contributed by atoms with Crippen molar-refractivity contribution in [3.63, 3.8) is 0 Å². The summed E-state index contributed by atoms with van der Waals surface area (Å²) in [7, 11) is 1.58. The molecule has 37 heavy (non-hydrogen) atoms. The van der Waals surface area contributed by atoms with E-state index in [1.54, 1.807) is 17.7 Å². The molecule has 0 spiro atoms. The molecule has 184 valence electrons.